The summed E-state index contributed by atoms with van der Waals surface area (Å²) in [6, 6.07) is 0. The van der Waals surface area contributed by atoms with Gasteiger partial charge in [-0.2, -0.15) is 0 Å². The Bertz CT molecular complexity index is 120. The first kappa shape index (κ1) is 12.0. The molecule has 0 nitrogen and oxygen atoms in total. The van der Waals surface area contributed by atoms with Crippen LogP contribution in [0.5, 0.6) is 0 Å². The molecule has 1 unspecified atom stereocenters. The Hall–Kier alpha value is 0. The van der Waals surface area contributed by atoms with Gasteiger partial charge in [-0.15, -0.1) is 0 Å². The van der Waals surface area contributed by atoms with Crippen molar-refractivity contribution in [3.63, 3.8) is 0 Å². The predicted octanol–water partition coefficient (Wildman–Crippen LogP) is 4.31. The Morgan fingerprint density at radius 1 is 1.00 bits per heavy atom. The molecular formula is C12H25. The van der Waals surface area contributed by atoms with E-state index in [-0.39, 0.29) is 0 Å². The van der Waals surface area contributed by atoms with E-state index in [4.69, 9.17) is 0 Å². The van der Waals surface area contributed by atoms with Crippen molar-refractivity contribution in [3.05, 3.63) is 6.92 Å². The zero-order valence-electron chi connectivity index (χ0n) is 9.70. The first-order valence-electron chi connectivity index (χ1n) is 4.96. The molecule has 0 saturated heterocycles. The minimum Gasteiger partial charge on any atom is -0.0602 e. The summed E-state index contributed by atoms with van der Waals surface area (Å²) >= 11 is 0. The van der Waals surface area contributed by atoms with Gasteiger partial charge in [0.05, 0.1) is 0 Å². The van der Waals surface area contributed by atoms with Gasteiger partial charge in [0.2, 0.25) is 0 Å². The molecular weight excluding hydrogens is 144 g/mol. The molecule has 0 rings (SSSR count). The second-order valence-corrected chi connectivity index (χ2v) is 6.12. The lowest BCUT2D eigenvalue weighted by molar-refractivity contribution is 0.166. The second-order valence-electron chi connectivity index (χ2n) is 6.12. The topological polar surface area (TPSA) is 0 Å². The van der Waals surface area contributed by atoms with Crippen LogP contribution in [0.2, 0.25) is 0 Å². The van der Waals surface area contributed by atoms with E-state index >= 15 is 0 Å². The van der Waals surface area contributed by atoms with Crippen LogP contribution in [0.25, 0.3) is 0 Å². The molecule has 0 saturated carbocycles. The van der Waals surface area contributed by atoms with Crippen molar-refractivity contribution in [2.24, 2.45) is 16.7 Å². The van der Waals surface area contributed by atoms with Crippen molar-refractivity contribution in [1.82, 2.24) is 0 Å². The summed E-state index contributed by atoms with van der Waals surface area (Å²) in [7, 11) is 0. The monoisotopic (exact) mass is 169 g/mol. The van der Waals surface area contributed by atoms with Crippen LogP contribution in [0.1, 0.15) is 54.4 Å². The maximum absolute atomic E-state index is 4.04. The van der Waals surface area contributed by atoms with E-state index in [2.05, 4.69) is 48.5 Å². The molecule has 1 radical (unpaired) electrons. The molecule has 0 fully saturated rings. The van der Waals surface area contributed by atoms with Crippen LogP contribution in [0.4, 0.5) is 0 Å². The standard InChI is InChI=1S/C12H25/c1-8-10(12(5,6)7)9-11(2,3)4/h10H,1,8-9H2,2-7H3. The average Bonchev–Trinajstić information content (AvgIpc) is 1.78. The zero-order valence-corrected chi connectivity index (χ0v) is 9.70. The smallest absolute Gasteiger partial charge is 0.0354 e. The highest BCUT2D eigenvalue weighted by molar-refractivity contribution is 4.79. The lowest BCUT2D eigenvalue weighted by atomic mass is 9.71. The molecule has 12 heavy (non-hydrogen) atoms. The predicted molar refractivity (Wildman–Crippen MR) is 57.0 cm³/mol. The normalized spacial score (nSPS) is 16.2. The summed E-state index contributed by atoms with van der Waals surface area (Å²) in [5.41, 5.74) is 0.852. The van der Waals surface area contributed by atoms with E-state index < -0.39 is 0 Å². The van der Waals surface area contributed by atoms with Crippen molar-refractivity contribution >= 4 is 0 Å². The van der Waals surface area contributed by atoms with Gasteiger partial charge in [-0.05, 0) is 29.6 Å². The van der Waals surface area contributed by atoms with Gasteiger partial charge in [0.15, 0.2) is 0 Å². The molecule has 73 valence electrons. The number of hydrogen-bond donors (Lipinski definition) is 0. The van der Waals surface area contributed by atoms with Gasteiger partial charge in [-0.3, -0.25) is 0 Å². The quantitative estimate of drug-likeness (QED) is 0.578. The molecule has 0 aliphatic carbocycles. The van der Waals surface area contributed by atoms with Crippen LogP contribution in [0.15, 0.2) is 0 Å². The van der Waals surface area contributed by atoms with Gasteiger partial charge >= 0.3 is 0 Å². The lowest BCUT2D eigenvalue weighted by Gasteiger charge is -2.34. The molecule has 0 N–H and O–H groups in total. The molecule has 0 heterocycles. The summed E-state index contributed by atoms with van der Waals surface area (Å²) in [6.45, 7) is 17.9. The second kappa shape index (κ2) is 3.81. The zero-order chi connectivity index (χ0) is 9.99. The van der Waals surface area contributed by atoms with E-state index in [0.717, 1.165) is 12.3 Å². The Balaban J connectivity index is 4.20. The summed E-state index contributed by atoms with van der Waals surface area (Å²) in [6.07, 6.45) is 2.33. The minimum absolute atomic E-state index is 0.412. The number of rotatable bonds is 2. The molecule has 1 atom stereocenters. The van der Waals surface area contributed by atoms with E-state index in [0.29, 0.717) is 10.8 Å². The van der Waals surface area contributed by atoms with Crippen molar-refractivity contribution in [3.8, 4) is 0 Å². The highest BCUT2D eigenvalue weighted by Crippen LogP contribution is 2.37. The van der Waals surface area contributed by atoms with Gasteiger partial charge in [0.25, 0.3) is 0 Å². The summed E-state index contributed by atoms with van der Waals surface area (Å²) in [5.74, 6) is 0.748. The SMILES string of the molecule is [CH2]CC(CC(C)(C)C)C(C)(C)C. The maximum atomic E-state index is 4.04. The first-order valence-corrected chi connectivity index (χ1v) is 4.96. The van der Waals surface area contributed by atoms with Crippen molar-refractivity contribution in [1.29, 1.82) is 0 Å². The van der Waals surface area contributed by atoms with Gasteiger partial charge in [0, 0.05) is 0 Å². The van der Waals surface area contributed by atoms with Crippen molar-refractivity contribution in [2.75, 3.05) is 0 Å². The molecule has 0 bridgehead atoms. The summed E-state index contributed by atoms with van der Waals surface area (Å²) < 4.78 is 0. The molecule has 0 aromatic heterocycles. The lowest BCUT2D eigenvalue weighted by Crippen LogP contribution is -2.24. The van der Waals surface area contributed by atoms with Crippen LogP contribution in [0.3, 0.4) is 0 Å². The molecule has 0 aromatic carbocycles. The third-order valence-electron chi connectivity index (χ3n) is 2.43. The highest BCUT2D eigenvalue weighted by Gasteiger charge is 2.27. The van der Waals surface area contributed by atoms with Gasteiger partial charge in [-0.1, -0.05) is 48.5 Å². The van der Waals surface area contributed by atoms with Crippen LogP contribution < -0.4 is 0 Å². The largest absolute Gasteiger partial charge is 0.0602 e. The fourth-order valence-electron chi connectivity index (χ4n) is 1.58. The molecule has 0 aliphatic rings. The molecule has 0 amide bonds. The van der Waals surface area contributed by atoms with Crippen molar-refractivity contribution in [2.45, 2.75) is 54.4 Å². The van der Waals surface area contributed by atoms with Crippen LogP contribution in [0, 0.1) is 23.7 Å². The van der Waals surface area contributed by atoms with E-state index in [9.17, 15) is 0 Å². The average molecular weight is 169 g/mol. The Kier molecular flexibility index (Phi) is 3.81. The van der Waals surface area contributed by atoms with E-state index in [1.54, 1.807) is 0 Å². The Labute approximate surface area is 78.8 Å². The third-order valence-corrected chi connectivity index (χ3v) is 2.43. The molecule has 0 heteroatoms. The van der Waals surface area contributed by atoms with Gasteiger partial charge < -0.3 is 0 Å². The highest BCUT2D eigenvalue weighted by atomic mass is 14.3. The van der Waals surface area contributed by atoms with Crippen molar-refractivity contribution < 1.29 is 0 Å². The van der Waals surface area contributed by atoms with Gasteiger partial charge in [-0.25, -0.2) is 0 Å². The van der Waals surface area contributed by atoms with E-state index in [1.807, 2.05) is 0 Å². The number of hydrogen-bond acceptors (Lipinski definition) is 0. The van der Waals surface area contributed by atoms with Crippen LogP contribution in [-0.2, 0) is 0 Å². The Morgan fingerprint density at radius 3 is 1.50 bits per heavy atom. The van der Waals surface area contributed by atoms with E-state index in [1.165, 1.54) is 6.42 Å². The van der Waals surface area contributed by atoms with Gasteiger partial charge in [0.1, 0.15) is 0 Å². The first-order chi connectivity index (χ1) is 5.17. The fraction of sp³-hybridized carbons (Fsp3) is 0.917. The molecule has 0 aromatic rings. The minimum atomic E-state index is 0.412. The maximum Gasteiger partial charge on any atom is -0.0354 e. The third kappa shape index (κ3) is 4.79. The van der Waals surface area contributed by atoms with Crippen LogP contribution in [-0.4, -0.2) is 0 Å². The van der Waals surface area contributed by atoms with Crippen LogP contribution >= 0.6 is 0 Å². The Morgan fingerprint density at radius 2 is 1.42 bits per heavy atom. The summed E-state index contributed by atoms with van der Waals surface area (Å²) in [4.78, 5) is 0. The molecule has 0 spiro atoms. The summed E-state index contributed by atoms with van der Waals surface area (Å²) in [5, 5.41) is 0. The fourth-order valence-corrected chi connectivity index (χ4v) is 1.58. The molecule has 0 aliphatic heterocycles.